The van der Waals surface area contributed by atoms with Crippen LogP contribution in [-0.2, 0) is 16.0 Å². The topological polar surface area (TPSA) is 79.8 Å². The third-order valence-corrected chi connectivity index (χ3v) is 5.11. The molecule has 3 aromatic carbocycles. The van der Waals surface area contributed by atoms with Gasteiger partial charge in [-0.2, -0.15) is 5.10 Å². The molecule has 0 heterocycles. The van der Waals surface area contributed by atoms with Crippen LogP contribution < -0.4 is 15.5 Å². The summed E-state index contributed by atoms with van der Waals surface area (Å²) in [4.78, 5) is 24.2. The molecule has 0 atom stereocenters. The molecule has 164 valence electrons. The van der Waals surface area contributed by atoms with Crippen LogP contribution in [0.5, 0.6) is 5.75 Å². The zero-order valence-electron chi connectivity index (χ0n) is 16.6. The molecule has 0 radical (unpaired) electrons. The standard InChI is InChI=1S/C23H18Cl3N3O3/c24-17-6-9-21(32-14-23(31)28-18-7-8-19(25)20(26)12-18)16(11-17)13-27-29-22(30)10-15-4-2-1-3-5-15/h1-9,11-13H,10,14H2,(H,28,31)(H,29,30)/b27-13+. The molecule has 0 aliphatic rings. The highest BCUT2D eigenvalue weighted by atomic mass is 35.5. The average Bonchev–Trinajstić information content (AvgIpc) is 2.76. The number of rotatable bonds is 8. The third-order valence-electron chi connectivity index (χ3n) is 4.13. The van der Waals surface area contributed by atoms with Crippen molar-refractivity contribution in [2.45, 2.75) is 6.42 Å². The lowest BCUT2D eigenvalue weighted by Gasteiger charge is -2.10. The van der Waals surface area contributed by atoms with Crippen LogP contribution in [0, 0.1) is 0 Å². The Morgan fingerprint density at radius 2 is 1.69 bits per heavy atom. The average molecular weight is 491 g/mol. The summed E-state index contributed by atoms with van der Waals surface area (Å²) < 4.78 is 5.60. The number of hydrogen-bond donors (Lipinski definition) is 2. The van der Waals surface area contributed by atoms with Gasteiger partial charge in [0.25, 0.3) is 5.91 Å². The van der Waals surface area contributed by atoms with Gasteiger partial charge in [0.2, 0.25) is 5.91 Å². The van der Waals surface area contributed by atoms with Gasteiger partial charge in [0.15, 0.2) is 6.61 Å². The molecular weight excluding hydrogens is 473 g/mol. The summed E-state index contributed by atoms with van der Waals surface area (Å²) in [5.74, 6) is -0.282. The fourth-order valence-corrected chi connectivity index (χ4v) is 3.14. The number of anilines is 1. The van der Waals surface area contributed by atoms with Crippen molar-refractivity contribution in [1.82, 2.24) is 5.43 Å². The third kappa shape index (κ3) is 7.27. The molecular formula is C23H18Cl3N3O3. The van der Waals surface area contributed by atoms with E-state index in [4.69, 9.17) is 39.5 Å². The van der Waals surface area contributed by atoms with Gasteiger partial charge in [0.05, 0.1) is 22.7 Å². The number of nitrogens with one attached hydrogen (secondary N) is 2. The summed E-state index contributed by atoms with van der Waals surface area (Å²) in [6.45, 7) is -0.261. The summed E-state index contributed by atoms with van der Waals surface area (Å²) in [6, 6.07) is 18.9. The number of carbonyl (C=O) groups is 2. The Kier molecular flexibility index (Phi) is 8.50. The van der Waals surface area contributed by atoms with E-state index in [1.54, 1.807) is 36.4 Å². The number of hydrogen-bond acceptors (Lipinski definition) is 4. The minimum Gasteiger partial charge on any atom is -0.483 e. The van der Waals surface area contributed by atoms with Crippen LogP contribution in [0.3, 0.4) is 0 Å². The molecule has 9 heteroatoms. The van der Waals surface area contributed by atoms with E-state index in [2.05, 4.69) is 15.8 Å². The molecule has 0 aliphatic carbocycles. The van der Waals surface area contributed by atoms with Crippen molar-refractivity contribution in [3.05, 3.63) is 92.9 Å². The number of halogens is 3. The van der Waals surface area contributed by atoms with Crippen LogP contribution in [0.25, 0.3) is 0 Å². The van der Waals surface area contributed by atoms with Gasteiger partial charge in [-0.25, -0.2) is 5.43 Å². The molecule has 2 N–H and O–H groups in total. The Hall–Kier alpha value is -3.06. The van der Waals surface area contributed by atoms with Crippen LogP contribution in [0.1, 0.15) is 11.1 Å². The van der Waals surface area contributed by atoms with Crippen LogP contribution in [0.4, 0.5) is 5.69 Å². The molecule has 0 saturated heterocycles. The van der Waals surface area contributed by atoms with Crippen molar-refractivity contribution in [3.63, 3.8) is 0 Å². The highest BCUT2D eigenvalue weighted by molar-refractivity contribution is 6.42. The minimum atomic E-state index is -0.391. The van der Waals surface area contributed by atoms with E-state index in [1.807, 2.05) is 30.3 Å². The fraction of sp³-hybridized carbons (Fsp3) is 0.0870. The lowest BCUT2D eigenvalue weighted by Crippen LogP contribution is -2.21. The van der Waals surface area contributed by atoms with E-state index in [0.717, 1.165) is 5.56 Å². The van der Waals surface area contributed by atoms with Gasteiger partial charge in [0.1, 0.15) is 5.75 Å². The van der Waals surface area contributed by atoms with Crippen LogP contribution >= 0.6 is 34.8 Å². The quantitative estimate of drug-likeness (QED) is 0.330. The molecule has 2 amide bonds. The maximum absolute atomic E-state index is 12.2. The first-order valence-electron chi connectivity index (χ1n) is 9.44. The zero-order valence-corrected chi connectivity index (χ0v) is 18.9. The van der Waals surface area contributed by atoms with Gasteiger partial charge in [-0.15, -0.1) is 0 Å². The van der Waals surface area contributed by atoms with Crippen molar-refractivity contribution in [1.29, 1.82) is 0 Å². The van der Waals surface area contributed by atoms with Crippen LogP contribution in [0.2, 0.25) is 15.1 Å². The summed E-state index contributed by atoms with van der Waals surface area (Å²) in [5, 5.41) is 7.80. The minimum absolute atomic E-state index is 0.200. The second-order valence-corrected chi connectivity index (χ2v) is 7.85. The number of hydrazone groups is 1. The Morgan fingerprint density at radius 1 is 0.906 bits per heavy atom. The molecule has 0 aliphatic heterocycles. The maximum atomic E-state index is 12.2. The number of nitrogens with zero attached hydrogens (tertiary/aromatic N) is 1. The summed E-state index contributed by atoms with van der Waals surface area (Å²) in [5.41, 5.74) is 4.33. The van der Waals surface area contributed by atoms with Gasteiger partial charge in [0, 0.05) is 16.3 Å². The Morgan fingerprint density at radius 3 is 2.44 bits per heavy atom. The van der Waals surface area contributed by atoms with Crippen LogP contribution in [0.15, 0.2) is 71.8 Å². The van der Waals surface area contributed by atoms with E-state index in [1.165, 1.54) is 6.21 Å². The SMILES string of the molecule is O=C(Cc1ccccc1)N/N=C/c1cc(Cl)ccc1OCC(=O)Nc1ccc(Cl)c(Cl)c1. The molecule has 0 aromatic heterocycles. The molecule has 3 aromatic rings. The molecule has 3 rings (SSSR count). The summed E-state index contributed by atoms with van der Waals surface area (Å²) in [6.07, 6.45) is 1.60. The largest absolute Gasteiger partial charge is 0.483 e. The first kappa shape index (κ1) is 23.6. The van der Waals surface area contributed by atoms with E-state index < -0.39 is 5.91 Å². The van der Waals surface area contributed by atoms with E-state index in [-0.39, 0.29) is 18.9 Å². The van der Waals surface area contributed by atoms with E-state index in [9.17, 15) is 9.59 Å². The lowest BCUT2D eigenvalue weighted by molar-refractivity contribution is -0.120. The highest BCUT2D eigenvalue weighted by Crippen LogP contribution is 2.25. The van der Waals surface area contributed by atoms with Crippen molar-refractivity contribution in [2.24, 2.45) is 5.10 Å². The maximum Gasteiger partial charge on any atom is 0.262 e. The predicted octanol–water partition coefficient (Wildman–Crippen LogP) is 5.36. The van der Waals surface area contributed by atoms with Gasteiger partial charge in [-0.1, -0.05) is 65.1 Å². The molecule has 0 fully saturated rings. The fourth-order valence-electron chi connectivity index (χ4n) is 2.66. The van der Waals surface area contributed by atoms with E-state index in [0.29, 0.717) is 32.1 Å². The monoisotopic (exact) mass is 489 g/mol. The molecule has 32 heavy (non-hydrogen) atoms. The van der Waals surface area contributed by atoms with Gasteiger partial charge in [-0.05, 0) is 42.0 Å². The van der Waals surface area contributed by atoms with Crippen molar-refractivity contribution in [3.8, 4) is 5.75 Å². The predicted molar refractivity (Wildman–Crippen MR) is 128 cm³/mol. The number of benzene rings is 3. The van der Waals surface area contributed by atoms with Gasteiger partial charge < -0.3 is 10.1 Å². The molecule has 6 nitrogen and oxygen atoms in total. The summed E-state index contributed by atoms with van der Waals surface area (Å²) >= 11 is 17.9. The second kappa shape index (κ2) is 11.5. The molecule has 0 unspecified atom stereocenters. The zero-order chi connectivity index (χ0) is 22.9. The summed E-state index contributed by atoms with van der Waals surface area (Å²) in [7, 11) is 0. The first-order chi connectivity index (χ1) is 15.4. The second-order valence-electron chi connectivity index (χ2n) is 6.60. The number of ether oxygens (including phenoxy) is 1. The molecule has 0 bridgehead atoms. The molecule has 0 spiro atoms. The molecule has 0 saturated carbocycles. The van der Waals surface area contributed by atoms with Gasteiger partial charge in [-0.3, -0.25) is 9.59 Å². The van der Waals surface area contributed by atoms with E-state index >= 15 is 0 Å². The Bertz CT molecular complexity index is 1140. The number of amides is 2. The Balaban J connectivity index is 1.58. The van der Waals surface area contributed by atoms with Crippen LogP contribution in [-0.4, -0.2) is 24.6 Å². The van der Waals surface area contributed by atoms with Gasteiger partial charge >= 0.3 is 0 Å². The van der Waals surface area contributed by atoms with Crippen molar-refractivity contribution >= 4 is 58.5 Å². The first-order valence-corrected chi connectivity index (χ1v) is 10.6. The highest BCUT2D eigenvalue weighted by Gasteiger charge is 2.09. The number of carbonyl (C=O) groups excluding carboxylic acids is 2. The van der Waals surface area contributed by atoms with Crippen molar-refractivity contribution in [2.75, 3.05) is 11.9 Å². The smallest absolute Gasteiger partial charge is 0.262 e. The Labute approximate surface area is 200 Å². The van der Waals surface area contributed by atoms with Crippen molar-refractivity contribution < 1.29 is 14.3 Å². The normalized spacial score (nSPS) is 10.7. The lowest BCUT2D eigenvalue weighted by atomic mass is 10.1.